The number of amides is 2. The summed E-state index contributed by atoms with van der Waals surface area (Å²) in [6, 6.07) is 9.43. The molecule has 0 spiro atoms. The summed E-state index contributed by atoms with van der Waals surface area (Å²) in [4.78, 5) is 23.2. The van der Waals surface area contributed by atoms with Gasteiger partial charge in [0, 0.05) is 25.4 Å². The van der Waals surface area contributed by atoms with Crippen LogP contribution in [0.3, 0.4) is 0 Å². The molecule has 0 bridgehead atoms. The van der Waals surface area contributed by atoms with Crippen LogP contribution in [0, 0.1) is 0 Å². The van der Waals surface area contributed by atoms with Gasteiger partial charge in [-0.05, 0) is 23.6 Å². The lowest BCUT2D eigenvalue weighted by molar-refractivity contribution is -0.125. The predicted molar refractivity (Wildman–Crippen MR) is 80.8 cm³/mol. The third kappa shape index (κ3) is 3.33. The monoisotopic (exact) mass is 298 g/mol. The number of nitrogens with one attached hydrogen (secondary N) is 2. The Bertz CT molecular complexity index is 667. The summed E-state index contributed by atoms with van der Waals surface area (Å²) in [5.74, 6) is -0.182. The van der Waals surface area contributed by atoms with Crippen LogP contribution in [-0.2, 0) is 22.7 Å². The van der Waals surface area contributed by atoms with E-state index in [1.54, 1.807) is 6.20 Å². The van der Waals surface area contributed by atoms with Gasteiger partial charge in [-0.3, -0.25) is 14.3 Å². The smallest absolute Gasteiger partial charge is 0.242 e. The standard InChI is InChI=1S/C16H18N4O2/c21-15-7-6-14(19-15)16(22)17-10-12-4-1-2-5-13(12)11-20-9-3-8-18-20/h1-5,8-9,14H,6-7,10-11H2,(H,17,22)(H,19,21)/t14-/m0/s1. The molecule has 114 valence electrons. The van der Waals surface area contributed by atoms with Gasteiger partial charge in [-0.15, -0.1) is 0 Å². The molecule has 0 saturated carbocycles. The first-order valence-corrected chi connectivity index (χ1v) is 7.33. The first-order chi connectivity index (χ1) is 10.7. The van der Waals surface area contributed by atoms with Crippen LogP contribution >= 0.6 is 0 Å². The highest BCUT2D eigenvalue weighted by Gasteiger charge is 2.26. The van der Waals surface area contributed by atoms with Gasteiger partial charge in [-0.2, -0.15) is 5.10 Å². The van der Waals surface area contributed by atoms with Crippen molar-refractivity contribution in [3.05, 3.63) is 53.9 Å². The minimum atomic E-state index is -0.397. The van der Waals surface area contributed by atoms with E-state index in [1.165, 1.54) is 0 Å². The molecule has 2 N–H and O–H groups in total. The Kier molecular flexibility index (Phi) is 4.18. The van der Waals surface area contributed by atoms with E-state index in [4.69, 9.17) is 0 Å². The molecule has 22 heavy (non-hydrogen) atoms. The van der Waals surface area contributed by atoms with E-state index in [9.17, 15) is 9.59 Å². The summed E-state index contributed by atoms with van der Waals surface area (Å²) in [5, 5.41) is 9.77. The van der Waals surface area contributed by atoms with E-state index in [0.29, 0.717) is 25.9 Å². The fourth-order valence-electron chi connectivity index (χ4n) is 2.57. The highest BCUT2D eigenvalue weighted by molar-refractivity contribution is 5.90. The Morgan fingerprint density at radius 1 is 1.32 bits per heavy atom. The second-order valence-corrected chi connectivity index (χ2v) is 5.35. The maximum Gasteiger partial charge on any atom is 0.242 e. The number of hydrogen-bond acceptors (Lipinski definition) is 3. The van der Waals surface area contributed by atoms with Gasteiger partial charge < -0.3 is 10.6 Å². The number of carbonyl (C=O) groups excluding carboxylic acids is 2. The largest absolute Gasteiger partial charge is 0.350 e. The van der Waals surface area contributed by atoms with E-state index >= 15 is 0 Å². The van der Waals surface area contributed by atoms with Crippen molar-refractivity contribution in [1.29, 1.82) is 0 Å². The summed E-state index contributed by atoms with van der Waals surface area (Å²) in [6.45, 7) is 1.11. The molecule has 6 heteroatoms. The van der Waals surface area contributed by atoms with Gasteiger partial charge in [-0.25, -0.2) is 0 Å². The molecule has 6 nitrogen and oxygen atoms in total. The third-order valence-corrected chi connectivity index (χ3v) is 3.77. The van der Waals surface area contributed by atoms with E-state index in [2.05, 4.69) is 15.7 Å². The van der Waals surface area contributed by atoms with Gasteiger partial charge in [0.05, 0.1) is 6.54 Å². The minimum Gasteiger partial charge on any atom is -0.350 e. The van der Waals surface area contributed by atoms with Gasteiger partial charge in [0.25, 0.3) is 0 Å². The number of nitrogens with zero attached hydrogens (tertiary/aromatic N) is 2. The quantitative estimate of drug-likeness (QED) is 0.858. The molecule has 1 saturated heterocycles. The fourth-order valence-corrected chi connectivity index (χ4v) is 2.57. The van der Waals surface area contributed by atoms with E-state index in [1.807, 2.05) is 41.2 Å². The maximum absolute atomic E-state index is 12.0. The molecule has 0 radical (unpaired) electrons. The molecule has 1 fully saturated rings. The number of hydrogen-bond donors (Lipinski definition) is 2. The predicted octanol–water partition coefficient (Wildman–Crippen LogP) is 0.826. The van der Waals surface area contributed by atoms with Crippen LogP contribution in [0.15, 0.2) is 42.7 Å². The Hall–Kier alpha value is -2.63. The van der Waals surface area contributed by atoms with Crippen LogP contribution < -0.4 is 10.6 Å². The summed E-state index contributed by atoms with van der Waals surface area (Å²) in [6.07, 6.45) is 4.64. The summed E-state index contributed by atoms with van der Waals surface area (Å²) < 4.78 is 1.85. The molecule has 2 aromatic rings. The normalized spacial score (nSPS) is 17.3. The second-order valence-electron chi connectivity index (χ2n) is 5.35. The number of aromatic nitrogens is 2. The number of benzene rings is 1. The zero-order valence-electron chi connectivity index (χ0n) is 12.2. The van der Waals surface area contributed by atoms with Crippen LogP contribution in [0.4, 0.5) is 0 Å². The molecule has 0 unspecified atom stereocenters. The SMILES string of the molecule is O=C1CC[C@@H](C(=O)NCc2ccccc2Cn2cccn2)N1. The Morgan fingerprint density at radius 2 is 2.14 bits per heavy atom. The van der Waals surface area contributed by atoms with Crippen molar-refractivity contribution in [3.63, 3.8) is 0 Å². The second kappa shape index (κ2) is 6.43. The van der Waals surface area contributed by atoms with E-state index < -0.39 is 6.04 Å². The van der Waals surface area contributed by atoms with E-state index in [-0.39, 0.29) is 11.8 Å². The van der Waals surface area contributed by atoms with Crippen molar-refractivity contribution in [3.8, 4) is 0 Å². The molecular formula is C16H18N4O2. The van der Waals surface area contributed by atoms with Crippen LogP contribution in [0.1, 0.15) is 24.0 Å². The van der Waals surface area contributed by atoms with Crippen LogP contribution in [0.5, 0.6) is 0 Å². The number of rotatable bonds is 5. The molecule has 1 aliphatic heterocycles. The molecule has 1 atom stereocenters. The van der Waals surface area contributed by atoms with Crippen molar-refractivity contribution in [2.24, 2.45) is 0 Å². The van der Waals surface area contributed by atoms with Crippen LogP contribution in [0.25, 0.3) is 0 Å². The Morgan fingerprint density at radius 3 is 2.82 bits per heavy atom. The van der Waals surface area contributed by atoms with Crippen molar-refractivity contribution >= 4 is 11.8 Å². The molecule has 2 heterocycles. The average molecular weight is 298 g/mol. The van der Waals surface area contributed by atoms with Gasteiger partial charge in [0.2, 0.25) is 11.8 Å². The minimum absolute atomic E-state index is 0.0563. The first kappa shape index (κ1) is 14.3. The van der Waals surface area contributed by atoms with Gasteiger partial charge in [-0.1, -0.05) is 24.3 Å². The van der Waals surface area contributed by atoms with Crippen LogP contribution in [-0.4, -0.2) is 27.6 Å². The van der Waals surface area contributed by atoms with Gasteiger partial charge in [0.1, 0.15) is 6.04 Å². The molecular weight excluding hydrogens is 280 g/mol. The lowest BCUT2D eigenvalue weighted by atomic mass is 10.1. The zero-order chi connectivity index (χ0) is 15.4. The van der Waals surface area contributed by atoms with Crippen molar-refractivity contribution in [2.75, 3.05) is 0 Å². The molecule has 1 aliphatic rings. The Labute approximate surface area is 128 Å². The molecule has 1 aromatic heterocycles. The highest BCUT2D eigenvalue weighted by atomic mass is 16.2. The van der Waals surface area contributed by atoms with Gasteiger partial charge in [0.15, 0.2) is 0 Å². The van der Waals surface area contributed by atoms with Crippen LogP contribution in [0.2, 0.25) is 0 Å². The topological polar surface area (TPSA) is 76.0 Å². The van der Waals surface area contributed by atoms with Gasteiger partial charge >= 0.3 is 0 Å². The molecule has 0 aliphatic carbocycles. The Balaban J connectivity index is 1.62. The van der Waals surface area contributed by atoms with Crippen molar-refractivity contribution < 1.29 is 9.59 Å². The average Bonchev–Trinajstić information content (AvgIpc) is 3.18. The van der Waals surface area contributed by atoms with Crippen molar-refractivity contribution in [1.82, 2.24) is 20.4 Å². The summed E-state index contributed by atoms with van der Waals surface area (Å²) in [5.41, 5.74) is 2.16. The fraction of sp³-hybridized carbons (Fsp3) is 0.312. The lowest BCUT2D eigenvalue weighted by Gasteiger charge is -2.13. The molecule has 3 rings (SSSR count). The third-order valence-electron chi connectivity index (χ3n) is 3.77. The van der Waals surface area contributed by atoms with E-state index in [0.717, 1.165) is 11.1 Å². The summed E-state index contributed by atoms with van der Waals surface area (Å²) >= 11 is 0. The zero-order valence-corrected chi connectivity index (χ0v) is 12.2. The summed E-state index contributed by atoms with van der Waals surface area (Å²) in [7, 11) is 0. The molecule has 2 amide bonds. The lowest BCUT2D eigenvalue weighted by Crippen LogP contribution is -2.41. The number of carbonyl (C=O) groups is 2. The maximum atomic E-state index is 12.0. The first-order valence-electron chi connectivity index (χ1n) is 7.33. The molecule has 1 aromatic carbocycles. The van der Waals surface area contributed by atoms with Crippen molar-refractivity contribution in [2.45, 2.75) is 32.0 Å². The highest BCUT2D eigenvalue weighted by Crippen LogP contribution is 2.11.